The maximum atomic E-state index is 13.3. The molecule has 4 heteroatoms. The van der Waals surface area contributed by atoms with Crippen LogP contribution in [0.1, 0.15) is 17.0 Å². The van der Waals surface area contributed by atoms with Gasteiger partial charge in [-0.05, 0) is 23.3 Å². The van der Waals surface area contributed by atoms with Crippen LogP contribution < -0.4 is 9.47 Å². The van der Waals surface area contributed by atoms with Gasteiger partial charge in [-0.3, -0.25) is 4.79 Å². The zero-order valence-electron chi connectivity index (χ0n) is 16.2. The van der Waals surface area contributed by atoms with E-state index in [2.05, 4.69) is 0 Å². The Morgan fingerprint density at radius 2 is 1.32 bits per heavy atom. The smallest absolute Gasteiger partial charge is 0.234 e. The minimum atomic E-state index is -0.335. The van der Waals surface area contributed by atoms with E-state index in [0.29, 0.717) is 24.7 Å². The lowest BCUT2D eigenvalue weighted by atomic mass is 9.90. The number of nitrogens with zero attached hydrogens (tertiary/aromatic N) is 1. The number of methoxy groups -OCH3 is 1. The molecule has 1 amide bonds. The first-order valence-corrected chi connectivity index (χ1v) is 9.31. The van der Waals surface area contributed by atoms with E-state index in [1.165, 1.54) is 0 Å². The van der Waals surface area contributed by atoms with Gasteiger partial charge in [0.15, 0.2) is 11.5 Å². The molecule has 0 unspecified atom stereocenters. The van der Waals surface area contributed by atoms with Crippen LogP contribution in [0.25, 0.3) is 0 Å². The number of para-hydroxylation sites is 2. The molecule has 0 aromatic heterocycles. The first-order chi connectivity index (χ1) is 13.7. The molecular formula is C24H25NO3. The summed E-state index contributed by atoms with van der Waals surface area (Å²) in [6.07, 6.45) is 0. The molecule has 3 aromatic carbocycles. The Morgan fingerprint density at radius 1 is 0.821 bits per heavy atom. The van der Waals surface area contributed by atoms with Crippen molar-refractivity contribution in [2.24, 2.45) is 0 Å². The van der Waals surface area contributed by atoms with Crippen molar-refractivity contribution in [1.82, 2.24) is 4.90 Å². The molecule has 144 valence electrons. The van der Waals surface area contributed by atoms with Gasteiger partial charge < -0.3 is 14.4 Å². The van der Waals surface area contributed by atoms with Crippen molar-refractivity contribution in [1.29, 1.82) is 0 Å². The van der Waals surface area contributed by atoms with Crippen LogP contribution in [-0.4, -0.2) is 38.1 Å². The zero-order chi connectivity index (χ0) is 19.8. The molecule has 3 rings (SSSR count). The number of amides is 1. The number of hydrogen-bond acceptors (Lipinski definition) is 3. The van der Waals surface area contributed by atoms with Gasteiger partial charge in [-0.1, -0.05) is 72.8 Å². The van der Waals surface area contributed by atoms with Crippen molar-refractivity contribution in [3.63, 3.8) is 0 Å². The van der Waals surface area contributed by atoms with E-state index < -0.39 is 0 Å². The summed E-state index contributed by atoms with van der Waals surface area (Å²) in [5, 5.41) is 0. The fourth-order valence-corrected chi connectivity index (χ4v) is 3.13. The summed E-state index contributed by atoms with van der Waals surface area (Å²) >= 11 is 0. The number of ether oxygens (including phenoxy) is 2. The summed E-state index contributed by atoms with van der Waals surface area (Å²) in [5.41, 5.74) is 1.97. The topological polar surface area (TPSA) is 38.8 Å². The van der Waals surface area contributed by atoms with Gasteiger partial charge >= 0.3 is 0 Å². The summed E-state index contributed by atoms with van der Waals surface area (Å²) in [4.78, 5) is 15.0. The summed E-state index contributed by atoms with van der Waals surface area (Å²) < 4.78 is 11.1. The second-order valence-electron chi connectivity index (χ2n) is 6.51. The molecular weight excluding hydrogens is 350 g/mol. The molecule has 0 spiro atoms. The Labute approximate surface area is 166 Å². The highest BCUT2D eigenvalue weighted by molar-refractivity contribution is 5.87. The lowest BCUT2D eigenvalue weighted by Crippen LogP contribution is -2.35. The fourth-order valence-electron chi connectivity index (χ4n) is 3.13. The van der Waals surface area contributed by atoms with Crippen molar-refractivity contribution < 1.29 is 14.3 Å². The molecule has 28 heavy (non-hydrogen) atoms. The highest BCUT2D eigenvalue weighted by atomic mass is 16.5. The average Bonchev–Trinajstić information content (AvgIpc) is 2.75. The summed E-state index contributed by atoms with van der Waals surface area (Å²) in [5.74, 6) is 1.07. The maximum absolute atomic E-state index is 13.3. The highest BCUT2D eigenvalue weighted by Gasteiger charge is 2.25. The van der Waals surface area contributed by atoms with E-state index in [4.69, 9.17) is 9.47 Å². The van der Waals surface area contributed by atoms with Crippen LogP contribution in [0.2, 0.25) is 0 Å². The molecule has 0 aliphatic carbocycles. The van der Waals surface area contributed by atoms with Gasteiger partial charge in [0.05, 0.1) is 19.6 Å². The number of benzene rings is 3. The molecule has 3 aromatic rings. The monoisotopic (exact) mass is 375 g/mol. The van der Waals surface area contributed by atoms with Crippen LogP contribution in [-0.2, 0) is 4.79 Å². The molecule has 0 atom stereocenters. The van der Waals surface area contributed by atoms with Crippen molar-refractivity contribution in [3.8, 4) is 11.5 Å². The van der Waals surface area contributed by atoms with Gasteiger partial charge in [-0.15, -0.1) is 0 Å². The van der Waals surface area contributed by atoms with Crippen molar-refractivity contribution in [3.05, 3.63) is 96.1 Å². The largest absolute Gasteiger partial charge is 0.493 e. The summed E-state index contributed by atoms with van der Waals surface area (Å²) in [6, 6.07) is 27.2. The zero-order valence-corrected chi connectivity index (χ0v) is 16.2. The number of rotatable bonds is 8. The highest BCUT2D eigenvalue weighted by Crippen LogP contribution is 2.27. The van der Waals surface area contributed by atoms with Gasteiger partial charge in [-0.2, -0.15) is 0 Å². The van der Waals surface area contributed by atoms with Gasteiger partial charge in [0.1, 0.15) is 6.61 Å². The van der Waals surface area contributed by atoms with E-state index in [9.17, 15) is 4.79 Å². The van der Waals surface area contributed by atoms with E-state index in [1.54, 1.807) is 12.0 Å². The second-order valence-corrected chi connectivity index (χ2v) is 6.51. The number of carbonyl (C=O) groups excluding carboxylic acids is 1. The van der Waals surface area contributed by atoms with Crippen molar-refractivity contribution in [2.75, 3.05) is 27.3 Å². The van der Waals surface area contributed by atoms with Crippen LogP contribution in [0.3, 0.4) is 0 Å². The average molecular weight is 375 g/mol. The third kappa shape index (κ3) is 4.71. The molecule has 0 heterocycles. The molecule has 0 saturated heterocycles. The van der Waals surface area contributed by atoms with Crippen LogP contribution in [0, 0.1) is 0 Å². The first kappa shape index (κ1) is 19.5. The van der Waals surface area contributed by atoms with Gasteiger partial charge in [0, 0.05) is 7.05 Å². The normalized spacial score (nSPS) is 10.5. The SMILES string of the molecule is COc1ccccc1OCCN(C)C(=O)C(c1ccccc1)c1ccccc1. The quantitative estimate of drug-likeness (QED) is 0.587. The van der Waals surface area contributed by atoms with E-state index in [1.807, 2.05) is 92.0 Å². The Balaban J connectivity index is 1.70. The van der Waals surface area contributed by atoms with Crippen LogP contribution in [0.5, 0.6) is 11.5 Å². The Morgan fingerprint density at radius 3 is 1.86 bits per heavy atom. The Hall–Kier alpha value is -3.27. The van der Waals surface area contributed by atoms with Crippen LogP contribution in [0.4, 0.5) is 0 Å². The standard InChI is InChI=1S/C24H25NO3/c1-25(17-18-28-22-16-10-9-15-21(22)27-2)24(26)23(19-11-5-3-6-12-19)20-13-7-4-8-14-20/h3-16,23H,17-18H2,1-2H3. The fraction of sp³-hybridized carbons (Fsp3) is 0.208. The lowest BCUT2D eigenvalue weighted by molar-refractivity contribution is -0.130. The first-order valence-electron chi connectivity index (χ1n) is 9.31. The van der Waals surface area contributed by atoms with E-state index in [0.717, 1.165) is 11.1 Å². The van der Waals surface area contributed by atoms with Crippen molar-refractivity contribution >= 4 is 5.91 Å². The molecule has 0 saturated carbocycles. The number of carbonyl (C=O) groups is 1. The predicted octanol–water partition coefficient (Wildman–Crippen LogP) is 4.36. The molecule has 0 fully saturated rings. The molecule has 0 aliphatic heterocycles. The Bertz CT molecular complexity index is 841. The predicted molar refractivity (Wildman–Crippen MR) is 111 cm³/mol. The molecule has 0 radical (unpaired) electrons. The van der Waals surface area contributed by atoms with Gasteiger partial charge in [-0.25, -0.2) is 0 Å². The van der Waals surface area contributed by atoms with Crippen molar-refractivity contribution in [2.45, 2.75) is 5.92 Å². The van der Waals surface area contributed by atoms with Gasteiger partial charge in [0.25, 0.3) is 0 Å². The maximum Gasteiger partial charge on any atom is 0.234 e. The minimum absolute atomic E-state index is 0.0426. The van der Waals surface area contributed by atoms with E-state index in [-0.39, 0.29) is 11.8 Å². The Kier molecular flexibility index (Phi) is 6.68. The number of hydrogen-bond donors (Lipinski definition) is 0. The molecule has 0 bridgehead atoms. The molecule has 0 N–H and O–H groups in total. The van der Waals surface area contributed by atoms with Crippen LogP contribution in [0.15, 0.2) is 84.9 Å². The molecule has 4 nitrogen and oxygen atoms in total. The summed E-state index contributed by atoms with van der Waals surface area (Å²) in [6.45, 7) is 0.867. The molecule has 0 aliphatic rings. The minimum Gasteiger partial charge on any atom is -0.493 e. The summed E-state index contributed by atoms with van der Waals surface area (Å²) in [7, 11) is 3.43. The second kappa shape index (κ2) is 9.60. The van der Waals surface area contributed by atoms with Crippen LogP contribution >= 0.6 is 0 Å². The van der Waals surface area contributed by atoms with Gasteiger partial charge in [0.2, 0.25) is 5.91 Å². The van der Waals surface area contributed by atoms with E-state index >= 15 is 0 Å². The number of likely N-dealkylation sites (N-methyl/N-ethyl adjacent to an activating group) is 1. The third-order valence-corrected chi connectivity index (χ3v) is 4.64. The third-order valence-electron chi connectivity index (χ3n) is 4.64. The lowest BCUT2D eigenvalue weighted by Gasteiger charge is -2.25.